The van der Waals surface area contributed by atoms with E-state index in [2.05, 4.69) is 9.72 Å². The van der Waals surface area contributed by atoms with E-state index >= 15 is 0 Å². The SMILES string of the molecule is COc1cc(/C=C(/C(=O)c2ccccc2)c2nc3ccccc3s2)ccc1OC(F)F. The zero-order chi connectivity index (χ0) is 21.8. The van der Waals surface area contributed by atoms with Crippen LogP contribution >= 0.6 is 11.3 Å². The van der Waals surface area contributed by atoms with Crippen LogP contribution in [0.15, 0.2) is 72.8 Å². The average Bonchev–Trinajstić information content (AvgIpc) is 3.22. The molecular formula is C24H17F2NO3S. The molecule has 0 fully saturated rings. The van der Waals surface area contributed by atoms with Crippen LogP contribution in [0.3, 0.4) is 0 Å². The van der Waals surface area contributed by atoms with Crippen molar-refractivity contribution in [2.24, 2.45) is 0 Å². The van der Waals surface area contributed by atoms with Crippen LogP contribution in [0.5, 0.6) is 11.5 Å². The number of hydrogen-bond acceptors (Lipinski definition) is 5. The molecule has 0 saturated heterocycles. The fraction of sp³-hybridized carbons (Fsp3) is 0.0833. The molecule has 156 valence electrons. The van der Waals surface area contributed by atoms with Gasteiger partial charge < -0.3 is 9.47 Å². The van der Waals surface area contributed by atoms with Gasteiger partial charge in [-0.05, 0) is 35.9 Å². The number of benzene rings is 3. The number of para-hydroxylation sites is 1. The average molecular weight is 437 g/mol. The van der Waals surface area contributed by atoms with Crippen molar-refractivity contribution in [2.45, 2.75) is 6.61 Å². The summed E-state index contributed by atoms with van der Waals surface area (Å²) in [6, 6.07) is 21.1. The van der Waals surface area contributed by atoms with Gasteiger partial charge >= 0.3 is 6.61 Å². The molecule has 0 aliphatic rings. The Morgan fingerprint density at radius 3 is 2.45 bits per heavy atom. The molecule has 0 unspecified atom stereocenters. The second kappa shape index (κ2) is 9.06. The van der Waals surface area contributed by atoms with Crippen molar-refractivity contribution >= 4 is 39.0 Å². The predicted octanol–water partition coefficient (Wildman–Crippen LogP) is 6.33. The summed E-state index contributed by atoms with van der Waals surface area (Å²) in [5.74, 6) is -0.123. The maximum Gasteiger partial charge on any atom is 0.387 e. The molecule has 7 heteroatoms. The van der Waals surface area contributed by atoms with E-state index in [0.29, 0.717) is 21.7 Å². The van der Waals surface area contributed by atoms with Crippen molar-refractivity contribution in [2.75, 3.05) is 7.11 Å². The van der Waals surface area contributed by atoms with Crippen LogP contribution in [0.1, 0.15) is 20.9 Å². The Kier molecular flexibility index (Phi) is 6.04. The molecule has 1 aromatic heterocycles. The molecule has 3 aromatic carbocycles. The molecule has 0 aliphatic heterocycles. The van der Waals surface area contributed by atoms with Gasteiger partial charge in [-0.2, -0.15) is 8.78 Å². The third kappa shape index (κ3) is 4.62. The summed E-state index contributed by atoms with van der Waals surface area (Å²) >= 11 is 1.41. The summed E-state index contributed by atoms with van der Waals surface area (Å²) in [5, 5.41) is 0.571. The van der Waals surface area contributed by atoms with Crippen LogP contribution in [0.25, 0.3) is 21.9 Å². The number of allylic oxidation sites excluding steroid dienone is 1. The second-order valence-corrected chi connectivity index (χ2v) is 7.56. The fourth-order valence-corrected chi connectivity index (χ4v) is 4.07. The van der Waals surface area contributed by atoms with Crippen LogP contribution in [0, 0.1) is 0 Å². The molecule has 4 aromatic rings. The number of aromatic nitrogens is 1. The van der Waals surface area contributed by atoms with Crippen molar-refractivity contribution in [1.82, 2.24) is 4.98 Å². The molecule has 4 rings (SSSR count). The van der Waals surface area contributed by atoms with Crippen molar-refractivity contribution < 1.29 is 23.0 Å². The maximum absolute atomic E-state index is 13.3. The summed E-state index contributed by atoms with van der Waals surface area (Å²) in [4.78, 5) is 18.0. The van der Waals surface area contributed by atoms with Gasteiger partial charge in [0.05, 0.1) is 22.9 Å². The molecule has 0 saturated carbocycles. The van der Waals surface area contributed by atoms with E-state index in [4.69, 9.17) is 4.74 Å². The number of ketones is 1. The van der Waals surface area contributed by atoms with Gasteiger partial charge in [0.1, 0.15) is 5.01 Å². The van der Waals surface area contributed by atoms with Gasteiger partial charge in [-0.15, -0.1) is 11.3 Å². The number of rotatable bonds is 7. The Balaban J connectivity index is 1.82. The smallest absolute Gasteiger partial charge is 0.387 e. The van der Waals surface area contributed by atoms with Crippen molar-refractivity contribution in [3.63, 3.8) is 0 Å². The van der Waals surface area contributed by atoms with Gasteiger partial charge in [0.2, 0.25) is 0 Å². The number of nitrogens with zero attached hydrogens (tertiary/aromatic N) is 1. The highest BCUT2D eigenvalue weighted by Crippen LogP contribution is 2.34. The maximum atomic E-state index is 13.3. The first-order chi connectivity index (χ1) is 15.0. The minimum absolute atomic E-state index is 0.0782. The minimum Gasteiger partial charge on any atom is -0.493 e. The predicted molar refractivity (Wildman–Crippen MR) is 118 cm³/mol. The first kappa shape index (κ1) is 20.7. The monoisotopic (exact) mass is 437 g/mol. The van der Waals surface area contributed by atoms with E-state index in [9.17, 15) is 13.6 Å². The Morgan fingerprint density at radius 1 is 1.00 bits per heavy atom. The van der Waals surface area contributed by atoms with Gasteiger partial charge in [-0.1, -0.05) is 48.5 Å². The molecule has 0 radical (unpaired) electrons. The topological polar surface area (TPSA) is 48.4 Å². The van der Waals surface area contributed by atoms with E-state index in [1.54, 1.807) is 42.5 Å². The zero-order valence-corrected chi connectivity index (χ0v) is 17.2. The molecule has 0 amide bonds. The molecule has 1 heterocycles. The van der Waals surface area contributed by atoms with Crippen molar-refractivity contribution in [1.29, 1.82) is 0 Å². The second-order valence-electron chi connectivity index (χ2n) is 6.53. The Bertz CT molecular complexity index is 1220. The van der Waals surface area contributed by atoms with E-state index in [-0.39, 0.29) is 17.3 Å². The highest BCUT2D eigenvalue weighted by molar-refractivity contribution is 7.20. The number of hydrogen-bond donors (Lipinski definition) is 0. The lowest BCUT2D eigenvalue weighted by molar-refractivity contribution is -0.0512. The first-order valence-electron chi connectivity index (χ1n) is 9.35. The molecule has 0 atom stereocenters. The summed E-state index contributed by atoms with van der Waals surface area (Å²) in [7, 11) is 1.37. The number of halogens is 2. The van der Waals surface area contributed by atoms with Crippen LogP contribution < -0.4 is 9.47 Å². The Labute approximate surface area is 181 Å². The third-order valence-corrected chi connectivity index (χ3v) is 5.59. The summed E-state index contributed by atoms with van der Waals surface area (Å²) in [6.07, 6.45) is 1.68. The standard InChI is InChI=1S/C24H17F2NO3S/c1-29-20-14-15(11-12-19(20)30-24(25)26)13-17(22(28)16-7-3-2-4-8-16)23-27-18-9-5-6-10-21(18)31-23/h2-14,24H,1H3/b17-13-. The minimum atomic E-state index is -2.96. The van der Waals surface area contributed by atoms with E-state index < -0.39 is 6.61 Å². The van der Waals surface area contributed by atoms with Crippen LogP contribution in [-0.2, 0) is 0 Å². The molecule has 0 bridgehead atoms. The molecule has 0 aliphatic carbocycles. The number of carbonyl (C=O) groups excluding carboxylic acids is 1. The van der Waals surface area contributed by atoms with Crippen molar-refractivity contribution in [3.8, 4) is 11.5 Å². The highest BCUT2D eigenvalue weighted by atomic mass is 32.1. The van der Waals surface area contributed by atoms with E-state index in [1.807, 2.05) is 30.3 Å². The van der Waals surface area contributed by atoms with Crippen molar-refractivity contribution in [3.05, 3.63) is 88.9 Å². The van der Waals surface area contributed by atoms with Crippen LogP contribution in [0.2, 0.25) is 0 Å². The quantitative estimate of drug-likeness (QED) is 0.250. The van der Waals surface area contributed by atoms with E-state index in [1.165, 1.54) is 24.5 Å². The highest BCUT2D eigenvalue weighted by Gasteiger charge is 2.19. The van der Waals surface area contributed by atoms with Gasteiger partial charge in [0, 0.05) is 5.56 Å². The largest absolute Gasteiger partial charge is 0.493 e. The van der Waals surface area contributed by atoms with Gasteiger partial charge in [-0.25, -0.2) is 4.98 Å². The molecule has 0 N–H and O–H groups in total. The number of thiazole rings is 1. The number of alkyl halides is 2. The Morgan fingerprint density at radius 2 is 1.74 bits per heavy atom. The Hall–Kier alpha value is -3.58. The summed E-state index contributed by atoms with van der Waals surface area (Å²) < 4.78 is 35.9. The normalized spacial score (nSPS) is 11.7. The lowest BCUT2D eigenvalue weighted by Crippen LogP contribution is -2.04. The van der Waals surface area contributed by atoms with Gasteiger partial charge in [-0.3, -0.25) is 4.79 Å². The summed E-state index contributed by atoms with van der Waals surface area (Å²) in [5.41, 5.74) is 2.32. The number of carbonyl (C=O) groups is 1. The van der Waals surface area contributed by atoms with Gasteiger partial charge in [0.25, 0.3) is 0 Å². The number of Topliss-reactive ketones (excluding diaryl/α,β-unsaturated/α-hetero) is 1. The number of methoxy groups -OCH3 is 1. The van der Waals surface area contributed by atoms with Gasteiger partial charge in [0.15, 0.2) is 17.3 Å². The molecule has 31 heavy (non-hydrogen) atoms. The summed E-state index contributed by atoms with van der Waals surface area (Å²) in [6.45, 7) is -2.96. The van der Waals surface area contributed by atoms with E-state index in [0.717, 1.165) is 10.2 Å². The zero-order valence-electron chi connectivity index (χ0n) is 16.4. The van der Waals surface area contributed by atoms with Crippen LogP contribution in [0.4, 0.5) is 8.78 Å². The first-order valence-corrected chi connectivity index (χ1v) is 10.2. The molecule has 0 spiro atoms. The lowest BCUT2D eigenvalue weighted by Gasteiger charge is -2.11. The lowest BCUT2D eigenvalue weighted by atomic mass is 10.0. The third-order valence-electron chi connectivity index (χ3n) is 4.52. The van der Waals surface area contributed by atoms with Crippen LogP contribution in [-0.4, -0.2) is 24.5 Å². The number of ether oxygens (including phenoxy) is 2. The molecular weight excluding hydrogens is 420 g/mol. The molecule has 4 nitrogen and oxygen atoms in total. The number of fused-ring (bicyclic) bond motifs is 1. The fourth-order valence-electron chi connectivity index (χ4n) is 3.09.